The molecule has 0 aliphatic carbocycles. The monoisotopic (exact) mass is 207 g/mol. The number of hydrogen-bond donors (Lipinski definition) is 2. The highest BCUT2D eigenvalue weighted by atomic mass is 16.3. The predicted octanol–water partition coefficient (Wildman–Crippen LogP) is -0.207. The Bertz CT molecular complexity index is 342. The number of rotatable bonds is 2. The number of pyridine rings is 1. The van der Waals surface area contributed by atoms with E-state index in [0.717, 1.165) is 0 Å². The van der Waals surface area contributed by atoms with Gasteiger partial charge in [0.05, 0.1) is 11.7 Å². The van der Waals surface area contributed by atoms with Gasteiger partial charge >= 0.3 is 0 Å². The molecule has 1 aromatic rings. The lowest BCUT2D eigenvalue weighted by Gasteiger charge is -2.16. The maximum atomic E-state index is 11.6. The number of aliphatic hydroxyl groups excluding tert-OH is 1. The minimum atomic E-state index is -0.334. The van der Waals surface area contributed by atoms with Crippen molar-refractivity contribution in [2.75, 3.05) is 13.1 Å². The van der Waals surface area contributed by atoms with E-state index >= 15 is 0 Å². The molecule has 0 radical (unpaired) electrons. The lowest BCUT2D eigenvalue weighted by molar-refractivity contribution is 0.0800. The second-order valence-electron chi connectivity index (χ2n) is 3.57. The van der Waals surface area contributed by atoms with Crippen molar-refractivity contribution < 1.29 is 9.90 Å². The fourth-order valence-electron chi connectivity index (χ4n) is 1.55. The standard InChI is InChI=1S/C10H13N3O2/c14-9-3-5-13(7-9)12-10(15)8-2-1-4-11-6-8/h1-2,4,6,9,14H,3,5,7H2,(H,12,15). The Hall–Kier alpha value is -1.46. The molecule has 1 aliphatic rings. The SMILES string of the molecule is O=C(NN1CCC(O)C1)c1cccnc1. The summed E-state index contributed by atoms with van der Waals surface area (Å²) in [5.74, 6) is -0.183. The molecule has 1 amide bonds. The summed E-state index contributed by atoms with van der Waals surface area (Å²) in [4.78, 5) is 15.5. The molecule has 15 heavy (non-hydrogen) atoms. The van der Waals surface area contributed by atoms with Crippen molar-refractivity contribution in [1.82, 2.24) is 15.4 Å². The van der Waals surface area contributed by atoms with E-state index in [0.29, 0.717) is 25.1 Å². The molecule has 1 aromatic heterocycles. The number of hydrogen-bond acceptors (Lipinski definition) is 4. The summed E-state index contributed by atoms with van der Waals surface area (Å²) in [5, 5.41) is 11.0. The summed E-state index contributed by atoms with van der Waals surface area (Å²) in [5.41, 5.74) is 3.25. The Kier molecular flexibility index (Phi) is 2.94. The molecule has 1 atom stereocenters. The maximum Gasteiger partial charge on any atom is 0.267 e. The Morgan fingerprint density at radius 2 is 2.53 bits per heavy atom. The molecular formula is C10H13N3O2. The van der Waals surface area contributed by atoms with Gasteiger partial charge in [0.15, 0.2) is 0 Å². The fraction of sp³-hybridized carbons (Fsp3) is 0.400. The van der Waals surface area contributed by atoms with E-state index in [1.807, 2.05) is 0 Å². The van der Waals surface area contributed by atoms with Gasteiger partial charge < -0.3 is 5.11 Å². The minimum Gasteiger partial charge on any atom is -0.392 e. The Morgan fingerprint density at radius 3 is 3.13 bits per heavy atom. The molecule has 2 N–H and O–H groups in total. The molecule has 0 aromatic carbocycles. The number of carbonyl (C=O) groups excluding carboxylic acids is 1. The van der Waals surface area contributed by atoms with Crippen molar-refractivity contribution in [3.8, 4) is 0 Å². The van der Waals surface area contributed by atoms with Crippen molar-refractivity contribution in [3.05, 3.63) is 30.1 Å². The van der Waals surface area contributed by atoms with Crippen molar-refractivity contribution in [2.45, 2.75) is 12.5 Å². The maximum absolute atomic E-state index is 11.6. The lowest BCUT2D eigenvalue weighted by atomic mass is 10.3. The third-order valence-corrected chi connectivity index (χ3v) is 2.35. The van der Waals surface area contributed by atoms with Crippen LogP contribution in [0.4, 0.5) is 0 Å². The summed E-state index contributed by atoms with van der Waals surface area (Å²) < 4.78 is 0. The molecule has 1 fully saturated rings. The highest BCUT2D eigenvalue weighted by Crippen LogP contribution is 2.06. The molecule has 0 bridgehead atoms. The van der Waals surface area contributed by atoms with E-state index in [1.54, 1.807) is 23.3 Å². The average Bonchev–Trinajstić information content (AvgIpc) is 2.65. The van der Waals surface area contributed by atoms with Crippen LogP contribution in [0.1, 0.15) is 16.8 Å². The number of aliphatic hydroxyl groups is 1. The summed E-state index contributed by atoms with van der Waals surface area (Å²) >= 11 is 0. The Morgan fingerprint density at radius 1 is 1.67 bits per heavy atom. The lowest BCUT2D eigenvalue weighted by Crippen LogP contribution is -2.41. The molecule has 1 aliphatic heterocycles. The molecular weight excluding hydrogens is 194 g/mol. The molecule has 2 heterocycles. The molecule has 5 heteroatoms. The molecule has 2 rings (SSSR count). The topological polar surface area (TPSA) is 65.5 Å². The third-order valence-electron chi connectivity index (χ3n) is 2.35. The molecule has 1 unspecified atom stereocenters. The van der Waals surface area contributed by atoms with Crippen LogP contribution >= 0.6 is 0 Å². The molecule has 0 saturated carbocycles. The van der Waals surface area contributed by atoms with Crippen LogP contribution in [0.15, 0.2) is 24.5 Å². The second kappa shape index (κ2) is 4.37. The van der Waals surface area contributed by atoms with Gasteiger partial charge in [-0.1, -0.05) is 0 Å². The summed E-state index contributed by atoms with van der Waals surface area (Å²) in [6, 6.07) is 3.42. The minimum absolute atomic E-state index is 0.183. The van der Waals surface area contributed by atoms with Gasteiger partial charge in [-0.2, -0.15) is 0 Å². The number of nitrogens with zero attached hydrogens (tertiary/aromatic N) is 2. The molecule has 80 valence electrons. The first-order chi connectivity index (χ1) is 7.25. The molecule has 1 saturated heterocycles. The van der Waals surface area contributed by atoms with E-state index < -0.39 is 0 Å². The molecule has 0 spiro atoms. The van der Waals surface area contributed by atoms with E-state index in [4.69, 9.17) is 0 Å². The van der Waals surface area contributed by atoms with Crippen molar-refractivity contribution in [1.29, 1.82) is 0 Å². The number of β-amino-alcohol motifs (C(OH)–C–C–N with tert-alkyl or cyclic N) is 1. The zero-order valence-electron chi connectivity index (χ0n) is 8.26. The zero-order valence-corrected chi connectivity index (χ0v) is 8.26. The number of aromatic nitrogens is 1. The smallest absolute Gasteiger partial charge is 0.267 e. The van der Waals surface area contributed by atoms with Gasteiger partial charge in [0.25, 0.3) is 5.91 Å². The van der Waals surface area contributed by atoms with Crippen molar-refractivity contribution in [3.63, 3.8) is 0 Å². The first-order valence-corrected chi connectivity index (χ1v) is 4.90. The normalized spacial score (nSPS) is 21.5. The van der Waals surface area contributed by atoms with Gasteiger partial charge in [-0.25, -0.2) is 5.01 Å². The average molecular weight is 207 g/mol. The van der Waals surface area contributed by atoms with Gasteiger partial charge in [-0.15, -0.1) is 0 Å². The number of carbonyl (C=O) groups is 1. The van der Waals surface area contributed by atoms with Crippen LogP contribution in [0.5, 0.6) is 0 Å². The van der Waals surface area contributed by atoms with Crippen LogP contribution in [-0.2, 0) is 0 Å². The van der Waals surface area contributed by atoms with Gasteiger partial charge in [-0.05, 0) is 18.6 Å². The van der Waals surface area contributed by atoms with Gasteiger partial charge in [0.1, 0.15) is 0 Å². The third kappa shape index (κ3) is 2.51. The highest BCUT2D eigenvalue weighted by Gasteiger charge is 2.21. The highest BCUT2D eigenvalue weighted by molar-refractivity contribution is 5.93. The summed E-state index contributed by atoms with van der Waals surface area (Å²) in [6.45, 7) is 1.18. The quantitative estimate of drug-likeness (QED) is 0.704. The predicted molar refractivity (Wildman–Crippen MR) is 53.9 cm³/mol. The van der Waals surface area contributed by atoms with Crippen molar-refractivity contribution in [2.24, 2.45) is 0 Å². The molecule has 5 nitrogen and oxygen atoms in total. The van der Waals surface area contributed by atoms with E-state index in [2.05, 4.69) is 10.4 Å². The van der Waals surface area contributed by atoms with Crippen LogP contribution in [0, 0.1) is 0 Å². The number of amides is 1. The van der Waals surface area contributed by atoms with Crippen LogP contribution in [0.2, 0.25) is 0 Å². The number of nitrogens with one attached hydrogen (secondary N) is 1. The van der Waals surface area contributed by atoms with Crippen LogP contribution in [-0.4, -0.2) is 40.2 Å². The van der Waals surface area contributed by atoms with Gasteiger partial charge in [0.2, 0.25) is 0 Å². The van der Waals surface area contributed by atoms with Gasteiger partial charge in [-0.3, -0.25) is 15.2 Å². The first-order valence-electron chi connectivity index (χ1n) is 4.90. The van der Waals surface area contributed by atoms with Crippen LogP contribution < -0.4 is 5.43 Å². The first kappa shape index (κ1) is 10.1. The Balaban J connectivity index is 1.93. The van der Waals surface area contributed by atoms with E-state index in [1.165, 1.54) is 6.20 Å². The van der Waals surface area contributed by atoms with Crippen LogP contribution in [0.3, 0.4) is 0 Å². The summed E-state index contributed by atoms with van der Waals surface area (Å²) in [6.07, 6.45) is 3.50. The fourth-order valence-corrected chi connectivity index (χ4v) is 1.55. The summed E-state index contributed by atoms with van der Waals surface area (Å²) in [7, 11) is 0. The largest absolute Gasteiger partial charge is 0.392 e. The van der Waals surface area contributed by atoms with E-state index in [-0.39, 0.29) is 12.0 Å². The van der Waals surface area contributed by atoms with Crippen LogP contribution in [0.25, 0.3) is 0 Å². The van der Waals surface area contributed by atoms with Gasteiger partial charge in [0, 0.05) is 25.5 Å². The zero-order chi connectivity index (χ0) is 10.7. The van der Waals surface area contributed by atoms with E-state index in [9.17, 15) is 9.90 Å². The van der Waals surface area contributed by atoms with Crippen molar-refractivity contribution >= 4 is 5.91 Å². The Labute approximate surface area is 87.7 Å². The number of hydrazine groups is 1. The second-order valence-corrected chi connectivity index (χ2v) is 3.57.